The number of hydrogen-bond acceptors (Lipinski definition) is 2. The molecule has 0 heterocycles. The number of benzene rings is 2. The summed E-state index contributed by atoms with van der Waals surface area (Å²) in [6, 6.07) is 11.9. The van der Waals surface area contributed by atoms with Crippen molar-refractivity contribution in [3.8, 4) is 5.75 Å². The van der Waals surface area contributed by atoms with Gasteiger partial charge in [0.1, 0.15) is 0 Å². The predicted octanol–water partition coefficient (Wildman–Crippen LogP) is 3.55. The Morgan fingerprint density at radius 3 is 2.57 bits per heavy atom. The maximum Gasteiger partial charge on any atom is 0.311 e. The quantitative estimate of drug-likeness (QED) is 0.915. The van der Waals surface area contributed by atoms with Gasteiger partial charge in [0.25, 0.3) is 0 Å². The molecule has 0 aliphatic carbocycles. The van der Waals surface area contributed by atoms with E-state index in [9.17, 15) is 14.3 Å². The zero-order valence-electron chi connectivity index (χ0n) is 12.0. The second-order valence-corrected chi connectivity index (χ2v) is 4.92. The Kier molecular flexibility index (Phi) is 4.58. The highest BCUT2D eigenvalue weighted by Gasteiger charge is 2.22. The molecule has 0 spiro atoms. The number of methoxy groups -OCH3 is 1. The lowest BCUT2D eigenvalue weighted by atomic mass is 9.89. The van der Waals surface area contributed by atoms with Crippen molar-refractivity contribution in [2.24, 2.45) is 0 Å². The van der Waals surface area contributed by atoms with E-state index < -0.39 is 17.7 Å². The Morgan fingerprint density at radius 2 is 2.00 bits per heavy atom. The van der Waals surface area contributed by atoms with Crippen LogP contribution < -0.4 is 4.74 Å². The summed E-state index contributed by atoms with van der Waals surface area (Å²) in [5.74, 6) is -1.94. The van der Waals surface area contributed by atoms with Crippen LogP contribution in [0.15, 0.2) is 42.5 Å². The molecule has 0 aromatic heterocycles. The van der Waals surface area contributed by atoms with E-state index in [1.807, 2.05) is 25.1 Å². The van der Waals surface area contributed by atoms with Crippen molar-refractivity contribution in [2.45, 2.75) is 19.3 Å². The van der Waals surface area contributed by atoms with E-state index in [2.05, 4.69) is 0 Å². The summed E-state index contributed by atoms with van der Waals surface area (Å²) in [5, 5.41) is 9.46. The van der Waals surface area contributed by atoms with Crippen molar-refractivity contribution in [3.63, 3.8) is 0 Å². The second kappa shape index (κ2) is 6.39. The minimum absolute atomic E-state index is 0.154. The van der Waals surface area contributed by atoms with Crippen LogP contribution in [0.3, 0.4) is 0 Å². The normalized spacial score (nSPS) is 12.0. The molecule has 21 heavy (non-hydrogen) atoms. The van der Waals surface area contributed by atoms with Gasteiger partial charge in [0, 0.05) is 0 Å². The molecule has 1 N–H and O–H groups in total. The zero-order chi connectivity index (χ0) is 15.4. The average molecular weight is 288 g/mol. The zero-order valence-corrected chi connectivity index (χ0v) is 12.0. The summed E-state index contributed by atoms with van der Waals surface area (Å²) >= 11 is 0. The Hall–Kier alpha value is -2.36. The van der Waals surface area contributed by atoms with Gasteiger partial charge in [0.05, 0.1) is 13.0 Å². The van der Waals surface area contributed by atoms with Gasteiger partial charge in [-0.3, -0.25) is 4.79 Å². The fraction of sp³-hybridized carbons (Fsp3) is 0.235. The fourth-order valence-electron chi connectivity index (χ4n) is 2.38. The van der Waals surface area contributed by atoms with E-state index in [0.29, 0.717) is 5.56 Å². The van der Waals surface area contributed by atoms with Gasteiger partial charge in [0.2, 0.25) is 0 Å². The molecule has 0 amide bonds. The molecule has 1 atom stereocenters. The van der Waals surface area contributed by atoms with Crippen molar-refractivity contribution >= 4 is 5.97 Å². The maximum atomic E-state index is 13.7. The summed E-state index contributed by atoms with van der Waals surface area (Å²) in [5.41, 5.74) is 2.30. The highest BCUT2D eigenvalue weighted by atomic mass is 19.1. The molecule has 0 bridgehead atoms. The molecule has 0 aliphatic rings. The lowest BCUT2D eigenvalue weighted by Crippen LogP contribution is -2.15. The van der Waals surface area contributed by atoms with Crippen molar-refractivity contribution in [3.05, 3.63) is 65.0 Å². The van der Waals surface area contributed by atoms with Gasteiger partial charge in [-0.2, -0.15) is 0 Å². The molecule has 2 rings (SSSR count). The summed E-state index contributed by atoms with van der Waals surface area (Å²) in [4.78, 5) is 11.5. The summed E-state index contributed by atoms with van der Waals surface area (Å²) in [7, 11) is 1.39. The molecule has 0 saturated carbocycles. The highest BCUT2D eigenvalue weighted by molar-refractivity contribution is 5.77. The molecular weight excluding hydrogens is 271 g/mol. The van der Waals surface area contributed by atoms with E-state index >= 15 is 0 Å². The lowest BCUT2D eigenvalue weighted by Gasteiger charge is -2.15. The molecular formula is C17H17FO3. The number of carboxylic acids is 1. The van der Waals surface area contributed by atoms with Gasteiger partial charge in [-0.15, -0.1) is 0 Å². The predicted molar refractivity (Wildman–Crippen MR) is 78.2 cm³/mol. The smallest absolute Gasteiger partial charge is 0.311 e. The molecule has 4 heteroatoms. The average Bonchev–Trinajstić information content (AvgIpc) is 2.45. The Bertz CT molecular complexity index is 652. The minimum atomic E-state index is -0.916. The molecule has 1 unspecified atom stereocenters. The third-order valence-electron chi connectivity index (χ3n) is 3.52. The molecule has 110 valence electrons. The molecule has 3 nitrogen and oxygen atoms in total. The Balaban J connectivity index is 2.31. The lowest BCUT2D eigenvalue weighted by molar-refractivity contribution is -0.138. The number of aryl methyl sites for hydroxylation is 1. The highest BCUT2D eigenvalue weighted by Crippen LogP contribution is 2.26. The number of aliphatic carboxylic acids is 1. The first-order valence-corrected chi connectivity index (χ1v) is 6.63. The Labute approximate surface area is 123 Å². The van der Waals surface area contributed by atoms with Gasteiger partial charge in [-0.25, -0.2) is 4.39 Å². The van der Waals surface area contributed by atoms with E-state index in [1.165, 1.54) is 19.2 Å². The SMILES string of the molecule is COc1ccc(CC(C(=O)O)c2ccccc2C)cc1F. The molecule has 2 aromatic carbocycles. The van der Waals surface area contributed by atoms with Gasteiger partial charge >= 0.3 is 5.97 Å². The minimum Gasteiger partial charge on any atom is -0.494 e. The summed E-state index contributed by atoms with van der Waals surface area (Å²) < 4.78 is 18.6. The van der Waals surface area contributed by atoms with Crippen LogP contribution in [-0.4, -0.2) is 18.2 Å². The molecule has 0 fully saturated rings. The van der Waals surface area contributed by atoms with Crippen molar-refractivity contribution in [2.75, 3.05) is 7.11 Å². The van der Waals surface area contributed by atoms with Gasteiger partial charge in [0.15, 0.2) is 11.6 Å². The molecule has 0 saturated heterocycles. The largest absolute Gasteiger partial charge is 0.494 e. The summed E-state index contributed by atoms with van der Waals surface area (Å²) in [6.07, 6.45) is 0.237. The first-order valence-electron chi connectivity index (χ1n) is 6.63. The van der Waals surface area contributed by atoms with Crippen LogP contribution in [0, 0.1) is 12.7 Å². The topological polar surface area (TPSA) is 46.5 Å². The number of hydrogen-bond donors (Lipinski definition) is 1. The van der Waals surface area contributed by atoms with E-state index in [1.54, 1.807) is 12.1 Å². The monoisotopic (exact) mass is 288 g/mol. The standard InChI is InChI=1S/C17H17FO3/c1-11-5-3-4-6-13(11)14(17(19)20)9-12-7-8-16(21-2)15(18)10-12/h3-8,10,14H,9H2,1-2H3,(H,19,20). The van der Waals surface area contributed by atoms with Crippen LogP contribution in [0.5, 0.6) is 5.75 Å². The Morgan fingerprint density at radius 1 is 1.29 bits per heavy atom. The van der Waals surface area contributed by atoms with E-state index in [0.717, 1.165) is 11.1 Å². The summed E-state index contributed by atoms with van der Waals surface area (Å²) in [6.45, 7) is 1.87. The van der Waals surface area contributed by atoms with Crippen LogP contribution >= 0.6 is 0 Å². The van der Waals surface area contributed by atoms with Crippen LogP contribution in [0.2, 0.25) is 0 Å². The number of rotatable bonds is 5. The van der Waals surface area contributed by atoms with Gasteiger partial charge in [-0.05, 0) is 42.2 Å². The van der Waals surface area contributed by atoms with E-state index in [4.69, 9.17) is 4.74 Å². The number of carbonyl (C=O) groups is 1. The second-order valence-electron chi connectivity index (χ2n) is 4.92. The molecule has 0 radical (unpaired) electrons. The van der Waals surface area contributed by atoms with Crippen LogP contribution in [0.4, 0.5) is 4.39 Å². The third kappa shape index (κ3) is 3.40. The third-order valence-corrected chi connectivity index (χ3v) is 3.52. The fourth-order valence-corrected chi connectivity index (χ4v) is 2.38. The molecule has 0 aliphatic heterocycles. The van der Waals surface area contributed by atoms with Crippen molar-refractivity contribution in [1.29, 1.82) is 0 Å². The van der Waals surface area contributed by atoms with Gasteiger partial charge in [-0.1, -0.05) is 30.3 Å². The number of ether oxygens (including phenoxy) is 1. The van der Waals surface area contributed by atoms with Gasteiger partial charge < -0.3 is 9.84 Å². The maximum absolute atomic E-state index is 13.7. The van der Waals surface area contributed by atoms with Crippen LogP contribution in [0.1, 0.15) is 22.6 Å². The molecule has 2 aromatic rings. The van der Waals surface area contributed by atoms with Crippen LogP contribution in [0.25, 0.3) is 0 Å². The van der Waals surface area contributed by atoms with E-state index in [-0.39, 0.29) is 12.2 Å². The first kappa shape index (κ1) is 15.0. The van der Waals surface area contributed by atoms with Crippen molar-refractivity contribution in [1.82, 2.24) is 0 Å². The number of halogens is 1. The first-order chi connectivity index (χ1) is 10.0. The van der Waals surface area contributed by atoms with Crippen LogP contribution in [-0.2, 0) is 11.2 Å². The number of carboxylic acid groups (broad SMARTS) is 1. The van der Waals surface area contributed by atoms with Crippen molar-refractivity contribution < 1.29 is 19.0 Å².